The second kappa shape index (κ2) is 5.13. The highest BCUT2D eigenvalue weighted by Gasteiger charge is 2.38. The van der Waals surface area contributed by atoms with Gasteiger partial charge in [-0.1, -0.05) is 0 Å². The number of nitrogens with zero attached hydrogens (tertiary/aromatic N) is 2. The summed E-state index contributed by atoms with van der Waals surface area (Å²) >= 11 is 2.06. The van der Waals surface area contributed by atoms with E-state index >= 15 is 0 Å². The molecule has 5 heteroatoms. The maximum Gasteiger partial charge on any atom is 0.0728 e. The van der Waals surface area contributed by atoms with Crippen LogP contribution in [0.25, 0.3) is 0 Å². The third-order valence-corrected chi connectivity index (χ3v) is 4.96. The molecular formula is C13H21N3OS. The van der Waals surface area contributed by atoms with E-state index in [4.69, 9.17) is 4.74 Å². The van der Waals surface area contributed by atoms with Crippen LogP contribution in [0.4, 0.5) is 5.69 Å². The SMILES string of the molecule is Cn1cc(NC2CCOC3(CCSCC3)C2)cn1. The van der Waals surface area contributed by atoms with E-state index in [1.807, 2.05) is 24.1 Å². The molecule has 1 atom stereocenters. The molecular weight excluding hydrogens is 246 g/mol. The maximum absolute atomic E-state index is 6.11. The fourth-order valence-corrected chi connectivity index (χ4v) is 4.21. The topological polar surface area (TPSA) is 39.1 Å². The molecule has 0 aliphatic carbocycles. The van der Waals surface area contributed by atoms with E-state index in [-0.39, 0.29) is 5.60 Å². The normalized spacial score (nSPS) is 27.3. The lowest BCUT2D eigenvalue weighted by molar-refractivity contribution is -0.0865. The van der Waals surface area contributed by atoms with E-state index in [1.165, 1.54) is 24.3 Å². The highest BCUT2D eigenvalue weighted by molar-refractivity contribution is 7.99. The Balaban J connectivity index is 1.63. The van der Waals surface area contributed by atoms with Crippen LogP contribution in [0.3, 0.4) is 0 Å². The highest BCUT2D eigenvalue weighted by atomic mass is 32.2. The second-order valence-corrected chi connectivity index (χ2v) is 6.61. The molecule has 18 heavy (non-hydrogen) atoms. The number of nitrogens with one attached hydrogen (secondary N) is 1. The second-order valence-electron chi connectivity index (χ2n) is 5.38. The molecule has 1 N–H and O–H groups in total. The van der Waals surface area contributed by atoms with E-state index in [1.54, 1.807) is 0 Å². The minimum atomic E-state index is 0.156. The molecule has 1 aromatic rings. The van der Waals surface area contributed by atoms with Crippen molar-refractivity contribution in [1.29, 1.82) is 0 Å². The average molecular weight is 267 g/mol. The van der Waals surface area contributed by atoms with Gasteiger partial charge in [0.1, 0.15) is 0 Å². The Kier molecular flexibility index (Phi) is 3.52. The summed E-state index contributed by atoms with van der Waals surface area (Å²) in [6.07, 6.45) is 8.61. The highest BCUT2D eigenvalue weighted by Crippen LogP contribution is 2.38. The zero-order valence-electron chi connectivity index (χ0n) is 10.9. The van der Waals surface area contributed by atoms with Crippen molar-refractivity contribution in [2.45, 2.75) is 37.3 Å². The van der Waals surface area contributed by atoms with Crippen LogP contribution in [-0.2, 0) is 11.8 Å². The van der Waals surface area contributed by atoms with E-state index in [0.29, 0.717) is 6.04 Å². The van der Waals surface area contributed by atoms with Gasteiger partial charge in [-0.3, -0.25) is 4.68 Å². The van der Waals surface area contributed by atoms with Crippen molar-refractivity contribution >= 4 is 17.4 Å². The molecule has 3 heterocycles. The molecule has 2 aliphatic rings. The minimum absolute atomic E-state index is 0.156. The number of aryl methyl sites for hydroxylation is 1. The van der Waals surface area contributed by atoms with Gasteiger partial charge in [0.05, 0.1) is 17.5 Å². The standard InChI is InChI=1S/C13H21N3OS/c1-16-10-12(9-14-16)15-11-2-5-17-13(8-11)3-6-18-7-4-13/h9-11,15H,2-8H2,1H3. The van der Waals surface area contributed by atoms with Gasteiger partial charge in [-0.15, -0.1) is 0 Å². The summed E-state index contributed by atoms with van der Waals surface area (Å²) < 4.78 is 7.95. The Bertz CT molecular complexity index is 395. The van der Waals surface area contributed by atoms with Crippen molar-refractivity contribution in [3.8, 4) is 0 Å². The van der Waals surface area contributed by atoms with Crippen LogP contribution in [0.5, 0.6) is 0 Å². The number of thioether (sulfide) groups is 1. The first kappa shape index (κ1) is 12.4. The molecule has 1 aromatic heterocycles. The Morgan fingerprint density at radius 3 is 3.06 bits per heavy atom. The number of rotatable bonds is 2. The molecule has 0 bridgehead atoms. The van der Waals surface area contributed by atoms with E-state index in [9.17, 15) is 0 Å². The van der Waals surface area contributed by atoms with Crippen LogP contribution in [0.2, 0.25) is 0 Å². The number of hydrogen-bond acceptors (Lipinski definition) is 4. The minimum Gasteiger partial charge on any atom is -0.380 e. The molecule has 4 nitrogen and oxygen atoms in total. The lowest BCUT2D eigenvalue weighted by Gasteiger charge is -2.43. The van der Waals surface area contributed by atoms with E-state index in [2.05, 4.69) is 22.2 Å². The number of anilines is 1. The summed E-state index contributed by atoms with van der Waals surface area (Å²) in [6.45, 7) is 0.891. The molecule has 0 saturated carbocycles. The van der Waals surface area contributed by atoms with Gasteiger partial charge in [0.25, 0.3) is 0 Å². The molecule has 1 spiro atoms. The van der Waals surface area contributed by atoms with Gasteiger partial charge in [-0.25, -0.2) is 0 Å². The first-order valence-corrected chi connectivity index (χ1v) is 7.88. The largest absolute Gasteiger partial charge is 0.380 e. The van der Waals surface area contributed by atoms with Crippen LogP contribution in [0.1, 0.15) is 25.7 Å². The summed E-state index contributed by atoms with van der Waals surface area (Å²) in [5.41, 5.74) is 1.29. The van der Waals surface area contributed by atoms with Gasteiger partial charge in [0.2, 0.25) is 0 Å². The van der Waals surface area contributed by atoms with Crippen LogP contribution >= 0.6 is 11.8 Å². The Morgan fingerprint density at radius 2 is 2.33 bits per heavy atom. The number of aromatic nitrogens is 2. The molecule has 0 aromatic carbocycles. The fourth-order valence-electron chi connectivity index (χ4n) is 2.97. The Morgan fingerprint density at radius 1 is 1.50 bits per heavy atom. The van der Waals surface area contributed by atoms with Crippen molar-refractivity contribution in [2.24, 2.45) is 7.05 Å². The van der Waals surface area contributed by atoms with Crippen molar-refractivity contribution < 1.29 is 4.74 Å². The first-order chi connectivity index (χ1) is 8.76. The predicted molar refractivity (Wildman–Crippen MR) is 75.1 cm³/mol. The number of hydrogen-bond donors (Lipinski definition) is 1. The fraction of sp³-hybridized carbons (Fsp3) is 0.769. The van der Waals surface area contributed by atoms with Crippen molar-refractivity contribution in [3.63, 3.8) is 0 Å². The molecule has 2 aliphatic heterocycles. The zero-order valence-corrected chi connectivity index (χ0v) is 11.7. The monoisotopic (exact) mass is 267 g/mol. The van der Waals surface area contributed by atoms with Gasteiger partial charge < -0.3 is 10.1 Å². The van der Waals surface area contributed by atoms with Crippen molar-refractivity contribution in [2.75, 3.05) is 23.4 Å². The first-order valence-electron chi connectivity index (χ1n) is 6.73. The summed E-state index contributed by atoms with van der Waals surface area (Å²) in [7, 11) is 1.95. The third kappa shape index (κ3) is 2.67. The lowest BCUT2D eigenvalue weighted by Crippen LogP contribution is -2.46. The van der Waals surface area contributed by atoms with Crippen molar-refractivity contribution in [1.82, 2.24) is 9.78 Å². The molecule has 100 valence electrons. The van der Waals surface area contributed by atoms with Crippen molar-refractivity contribution in [3.05, 3.63) is 12.4 Å². The smallest absolute Gasteiger partial charge is 0.0728 e. The molecule has 2 fully saturated rings. The lowest BCUT2D eigenvalue weighted by atomic mass is 9.85. The summed E-state index contributed by atoms with van der Waals surface area (Å²) in [4.78, 5) is 0. The molecule has 0 radical (unpaired) electrons. The van der Waals surface area contributed by atoms with Gasteiger partial charge in [-0.05, 0) is 37.2 Å². The van der Waals surface area contributed by atoms with Gasteiger partial charge in [0, 0.05) is 25.9 Å². The summed E-state index contributed by atoms with van der Waals surface area (Å²) in [5.74, 6) is 2.50. The summed E-state index contributed by atoms with van der Waals surface area (Å²) in [5, 5.41) is 7.81. The summed E-state index contributed by atoms with van der Waals surface area (Å²) in [6, 6.07) is 0.533. The van der Waals surface area contributed by atoms with Crippen LogP contribution < -0.4 is 5.32 Å². The van der Waals surface area contributed by atoms with Gasteiger partial charge >= 0.3 is 0 Å². The predicted octanol–water partition coefficient (Wildman–Crippen LogP) is 2.28. The quantitative estimate of drug-likeness (QED) is 0.892. The molecule has 2 saturated heterocycles. The zero-order chi connectivity index (χ0) is 12.4. The number of ether oxygens (including phenoxy) is 1. The van der Waals surface area contributed by atoms with E-state index in [0.717, 1.165) is 25.1 Å². The molecule has 0 amide bonds. The Labute approximate surface area is 112 Å². The molecule has 1 unspecified atom stereocenters. The third-order valence-electron chi connectivity index (χ3n) is 3.97. The van der Waals surface area contributed by atoms with Gasteiger partial charge in [0.15, 0.2) is 0 Å². The molecule has 3 rings (SSSR count). The van der Waals surface area contributed by atoms with Crippen LogP contribution in [-0.4, -0.2) is 39.5 Å². The van der Waals surface area contributed by atoms with E-state index < -0.39 is 0 Å². The Hall–Kier alpha value is -0.680. The maximum atomic E-state index is 6.11. The van der Waals surface area contributed by atoms with Gasteiger partial charge in [-0.2, -0.15) is 16.9 Å². The average Bonchev–Trinajstić information content (AvgIpc) is 2.76. The van der Waals surface area contributed by atoms with Crippen LogP contribution in [0.15, 0.2) is 12.4 Å². The van der Waals surface area contributed by atoms with Crippen LogP contribution in [0, 0.1) is 0 Å².